The van der Waals surface area contributed by atoms with Crippen molar-refractivity contribution in [3.05, 3.63) is 0 Å². The van der Waals surface area contributed by atoms with Gasteiger partial charge in [0.25, 0.3) is 0 Å². The third-order valence-corrected chi connectivity index (χ3v) is 3.73. The molecule has 0 aromatic heterocycles. The molecule has 6 nitrogen and oxygen atoms in total. The Hall–Kier alpha value is -1.30. The predicted octanol–water partition coefficient (Wildman–Crippen LogP) is 0.299. The van der Waals surface area contributed by atoms with Crippen molar-refractivity contribution in [3.63, 3.8) is 0 Å². The molecule has 0 aliphatic heterocycles. The number of amides is 1. The van der Waals surface area contributed by atoms with Crippen LogP contribution in [0, 0.1) is 11.3 Å². The zero-order valence-corrected chi connectivity index (χ0v) is 10.7. The van der Waals surface area contributed by atoms with Crippen LogP contribution in [0.2, 0.25) is 0 Å². The number of hydrogen-bond acceptors (Lipinski definition) is 4. The van der Waals surface area contributed by atoms with E-state index in [-0.39, 0.29) is 29.3 Å². The van der Waals surface area contributed by atoms with Gasteiger partial charge >= 0.3 is 0 Å². The minimum Gasteiger partial charge on any atom is -0.409 e. The summed E-state index contributed by atoms with van der Waals surface area (Å²) in [7, 11) is 1.67. The number of rotatable bonds is 4. The molecule has 3 unspecified atom stereocenters. The van der Waals surface area contributed by atoms with Gasteiger partial charge in [0.2, 0.25) is 5.91 Å². The minimum absolute atomic E-state index is 0.0638. The molecule has 98 valence electrons. The molecule has 1 aliphatic rings. The van der Waals surface area contributed by atoms with Gasteiger partial charge in [0, 0.05) is 18.6 Å². The smallest absolute Gasteiger partial charge is 0.230 e. The molecule has 1 aliphatic carbocycles. The monoisotopic (exact) mass is 243 g/mol. The number of nitrogens with zero attached hydrogens (tertiary/aromatic N) is 1. The Kier molecular flexibility index (Phi) is 3.98. The summed E-state index contributed by atoms with van der Waals surface area (Å²) in [6, 6.07) is 0.0638. The highest BCUT2D eigenvalue weighted by atomic mass is 16.5. The molecule has 0 aromatic carbocycles. The second-order valence-corrected chi connectivity index (χ2v) is 5.09. The van der Waals surface area contributed by atoms with Crippen molar-refractivity contribution in [3.8, 4) is 0 Å². The van der Waals surface area contributed by atoms with E-state index >= 15 is 0 Å². The molecule has 0 saturated heterocycles. The number of oxime groups is 1. The summed E-state index contributed by atoms with van der Waals surface area (Å²) in [6.07, 6.45) is 0.949. The van der Waals surface area contributed by atoms with Gasteiger partial charge in [-0.2, -0.15) is 0 Å². The lowest BCUT2D eigenvalue weighted by atomic mass is 9.64. The molecule has 1 saturated carbocycles. The average Bonchev–Trinajstić information content (AvgIpc) is 2.31. The summed E-state index contributed by atoms with van der Waals surface area (Å²) >= 11 is 0. The van der Waals surface area contributed by atoms with Crippen LogP contribution in [0.15, 0.2) is 5.16 Å². The van der Waals surface area contributed by atoms with Crippen molar-refractivity contribution in [2.75, 3.05) is 7.11 Å². The Labute approximate surface area is 101 Å². The molecule has 0 bridgehead atoms. The topological polar surface area (TPSA) is 96.9 Å². The number of amidine groups is 1. The van der Waals surface area contributed by atoms with Gasteiger partial charge in [-0.05, 0) is 13.3 Å². The highest BCUT2D eigenvalue weighted by Gasteiger charge is 2.49. The Morgan fingerprint density at radius 2 is 2.24 bits per heavy atom. The molecule has 17 heavy (non-hydrogen) atoms. The fourth-order valence-corrected chi connectivity index (χ4v) is 2.05. The minimum atomic E-state index is -0.627. The van der Waals surface area contributed by atoms with Gasteiger partial charge in [-0.1, -0.05) is 19.0 Å². The maximum atomic E-state index is 11.8. The molecule has 3 atom stereocenters. The van der Waals surface area contributed by atoms with Crippen LogP contribution < -0.4 is 11.1 Å². The number of ether oxygens (including phenoxy) is 1. The van der Waals surface area contributed by atoms with Crippen molar-refractivity contribution in [1.29, 1.82) is 0 Å². The van der Waals surface area contributed by atoms with Gasteiger partial charge in [-0.3, -0.25) is 4.79 Å². The van der Waals surface area contributed by atoms with Gasteiger partial charge in [0.05, 0.1) is 12.0 Å². The average molecular weight is 243 g/mol. The maximum Gasteiger partial charge on any atom is 0.230 e. The van der Waals surface area contributed by atoms with Crippen LogP contribution in [0.3, 0.4) is 0 Å². The van der Waals surface area contributed by atoms with Gasteiger partial charge in [0.15, 0.2) is 5.84 Å². The molecule has 4 N–H and O–H groups in total. The molecular weight excluding hydrogens is 222 g/mol. The van der Waals surface area contributed by atoms with Gasteiger partial charge < -0.3 is 21.0 Å². The number of carbonyl (C=O) groups is 1. The van der Waals surface area contributed by atoms with E-state index in [9.17, 15) is 4.79 Å². The zero-order valence-electron chi connectivity index (χ0n) is 10.7. The van der Waals surface area contributed by atoms with Crippen molar-refractivity contribution < 1.29 is 14.7 Å². The fourth-order valence-electron chi connectivity index (χ4n) is 2.05. The molecule has 0 aromatic rings. The summed E-state index contributed by atoms with van der Waals surface area (Å²) in [5.41, 5.74) is 5.30. The Morgan fingerprint density at radius 1 is 1.65 bits per heavy atom. The fraction of sp³-hybridized carbons (Fsp3) is 0.818. The second-order valence-electron chi connectivity index (χ2n) is 5.09. The first-order chi connectivity index (χ1) is 7.84. The van der Waals surface area contributed by atoms with Crippen LogP contribution >= 0.6 is 0 Å². The number of nitrogens with one attached hydrogen (secondary N) is 1. The third-order valence-electron chi connectivity index (χ3n) is 3.73. The largest absolute Gasteiger partial charge is 0.409 e. The number of carbonyl (C=O) groups excluding carboxylic acids is 1. The molecule has 1 amide bonds. The van der Waals surface area contributed by atoms with E-state index in [1.165, 1.54) is 0 Å². The molecule has 1 fully saturated rings. The Morgan fingerprint density at radius 3 is 2.65 bits per heavy atom. The molecule has 0 spiro atoms. The molecule has 0 heterocycles. The summed E-state index contributed by atoms with van der Waals surface area (Å²) in [5.74, 6) is -0.937. The SMILES string of the molecule is COC1CC(NC(=O)C(C)C(N)=NO)C1(C)C. The van der Waals surface area contributed by atoms with E-state index in [1.54, 1.807) is 14.0 Å². The number of hydrogen-bond donors (Lipinski definition) is 3. The van der Waals surface area contributed by atoms with E-state index in [1.807, 2.05) is 13.8 Å². The summed E-state index contributed by atoms with van der Waals surface area (Å²) in [6.45, 7) is 5.69. The van der Waals surface area contributed by atoms with Crippen molar-refractivity contribution in [2.45, 2.75) is 39.3 Å². The van der Waals surface area contributed by atoms with E-state index in [0.29, 0.717) is 0 Å². The summed E-state index contributed by atoms with van der Waals surface area (Å²) < 4.78 is 5.30. The molecule has 6 heteroatoms. The lowest BCUT2D eigenvalue weighted by Gasteiger charge is -2.51. The van der Waals surface area contributed by atoms with Crippen LogP contribution in [0.5, 0.6) is 0 Å². The first-order valence-electron chi connectivity index (χ1n) is 5.65. The summed E-state index contributed by atoms with van der Waals surface area (Å²) in [5, 5.41) is 14.2. The van der Waals surface area contributed by atoms with Gasteiger partial charge in [-0.15, -0.1) is 0 Å². The standard InChI is InChI=1S/C11H21N3O3/c1-6(9(12)14-16)10(15)13-7-5-8(17-4)11(7,2)3/h6-8,16H,5H2,1-4H3,(H2,12,14)(H,13,15). The molecule has 1 rings (SSSR count). The zero-order chi connectivity index (χ0) is 13.2. The highest BCUT2D eigenvalue weighted by molar-refractivity contribution is 6.01. The van der Waals surface area contributed by atoms with E-state index in [2.05, 4.69) is 10.5 Å². The van der Waals surface area contributed by atoms with Crippen molar-refractivity contribution in [2.24, 2.45) is 22.2 Å². The Bertz CT molecular complexity index is 328. The Balaban J connectivity index is 2.55. The molecular formula is C11H21N3O3. The lowest BCUT2D eigenvalue weighted by molar-refractivity contribution is -0.134. The van der Waals surface area contributed by atoms with Gasteiger partial charge in [0.1, 0.15) is 0 Å². The van der Waals surface area contributed by atoms with Crippen LogP contribution in [0.1, 0.15) is 27.2 Å². The van der Waals surface area contributed by atoms with E-state index in [0.717, 1.165) is 6.42 Å². The quantitative estimate of drug-likeness (QED) is 0.286. The van der Waals surface area contributed by atoms with Crippen LogP contribution in [-0.4, -0.2) is 36.2 Å². The van der Waals surface area contributed by atoms with Crippen LogP contribution in [0.4, 0.5) is 0 Å². The lowest BCUT2D eigenvalue weighted by Crippen LogP contribution is -2.62. The van der Waals surface area contributed by atoms with Crippen LogP contribution in [0.25, 0.3) is 0 Å². The second kappa shape index (κ2) is 4.91. The van der Waals surface area contributed by atoms with Crippen LogP contribution in [-0.2, 0) is 9.53 Å². The van der Waals surface area contributed by atoms with Gasteiger partial charge in [-0.25, -0.2) is 0 Å². The first-order valence-corrected chi connectivity index (χ1v) is 5.65. The first kappa shape index (κ1) is 13.8. The summed E-state index contributed by atoms with van der Waals surface area (Å²) in [4.78, 5) is 11.8. The maximum absolute atomic E-state index is 11.8. The molecule has 0 radical (unpaired) electrons. The van der Waals surface area contributed by atoms with Crippen molar-refractivity contribution in [1.82, 2.24) is 5.32 Å². The third kappa shape index (κ3) is 2.52. The van der Waals surface area contributed by atoms with E-state index < -0.39 is 5.92 Å². The van der Waals surface area contributed by atoms with E-state index in [4.69, 9.17) is 15.7 Å². The number of methoxy groups -OCH3 is 1. The number of nitrogens with two attached hydrogens (primary N) is 1. The van der Waals surface area contributed by atoms with Crippen molar-refractivity contribution >= 4 is 11.7 Å². The normalized spacial score (nSPS) is 29.3. The highest BCUT2D eigenvalue weighted by Crippen LogP contribution is 2.42. The predicted molar refractivity (Wildman–Crippen MR) is 63.7 cm³/mol.